The first-order valence-corrected chi connectivity index (χ1v) is 9.99. The first kappa shape index (κ1) is 27.6. The van der Waals surface area contributed by atoms with Gasteiger partial charge in [0.25, 0.3) is 0 Å². The molecule has 0 aliphatic rings. The van der Waals surface area contributed by atoms with Gasteiger partial charge >= 0.3 is 5.97 Å². The summed E-state index contributed by atoms with van der Waals surface area (Å²) in [5, 5.41) is 12.2. The van der Waals surface area contributed by atoms with Crippen molar-refractivity contribution >= 4 is 11.9 Å². The normalized spacial score (nSPS) is 12.3. The van der Waals surface area contributed by atoms with E-state index in [1.165, 1.54) is 6.08 Å². The Hall–Kier alpha value is -3.36. The maximum absolute atomic E-state index is 12.1. The number of hydrogen-bond donors (Lipinski definition) is 2. The molecule has 0 heterocycles. The molecule has 0 fully saturated rings. The van der Waals surface area contributed by atoms with Gasteiger partial charge in [-0.25, -0.2) is 4.79 Å². The molecule has 0 radical (unpaired) electrons. The van der Waals surface area contributed by atoms with Crippen LogP contribution in [-0.4, -0.2) is 29.2 Å². The summed E-state index contributed by atoms with van der Waals surface area (Å²) in [5.41, 5.74) is 3.36. The molecule has 1 aromatic carbocycles. The molecule has 0 aromatic heterocycles. The number of ether oxygens (including phenoxy) is 1. The maximum Gasteiger partial charge on any atom is 0.333 e. The Morgan fingerprint density at radius 1 is 1.29 bits per heavy atom. The Morgan fingerprint density at radius 3 is 2.52 bits per heavy atom. The van der Waals surface area contributed by atoms with Crippen LogP contribution in [0.15, 0.2) is 67.3 Å². The summed E-state index contributed by atoms with van der Waals surface area (Å²) in [7, 11) is 0. The predicted molar refractivity (Wildman–Crippen MR) is 126 cm³/mol. The smallest absolute Gasteiger partial charge is 0.333 e. The van der Waals surface area contributed by atoms with E-state index in [9.17, 15) is 14.7 Å². The molecule has 5 heteroatoms. The predicted octanol–water partition coefficient (Wildman–Crippen LogP) is 4.53. The number of carbonyl (C=O) groups is 2. The summed E-state index contributed by atoms with van der Waals surface area (Å²) in [6.45, 7) is 13.8. The van der Waals surface area contributed by atoms with Gasteiger partial charge in [0.05, 0.1) is 6.10 Å². The number of carboxylic acids is 1. The number of rotatable bonds is 10. The average Bonchev–Trinajstić information content (AvgIpc) is 2.74. The lowest BCUT2D eigenvalue weighted by Gasteiger charge is -2.17. The topological polar surface area (TPSA) is 75.6 Å². The second-order valence-electron chi connectivity index (χ2n) is 6.82. The SMILES string of the molecule is C#CC(=C\C=C/C)/C=C/C(=O)NCc1cc(CC(OC(C)C)C(=O)O)ccc1C.C=C. The van der Waals surface area contributed by atoms with Crippen molar-refractivity contribution in [3.8, 4) is 12.3 Å². The molecule has 1 unspecified atom stereocenters. The van der Waals surface area contributed by atoms with Gasteiger partial charge in [0.15, 0.2) is 6.10 Å². The number of nitrogens with one attached hydrogen (secondary N) is 1. The zero-order valence-electron chi connectivity index (χ0n) is 18.9. The van der Waals surface area contributed by atoms with Gasteiger partial charge in [-0.3, -0.25) is 4.79 Å². The van der Waals surface area contributed by atoms with Crippen LogP contribution in [0.2, 0.25) is 0 Å². The number of terminal acetylenes is 1. The van der Waals surface area contributed by atoms with Gasteiger partial charge in [0.1, 0.15) is 0 Å². The number of carboxylic acid groups (broad SMARTS) is 1. The lowest BCUT2D eigenvalue weighted by atomic mass is 10.0. The highest BCUT2D eigenvalue weighted by Crippen LogP contribution is 2.15. The first-order chi connectivity index (χ1) is 14.8. The van der Waals surface area contributed by atoms with E-state index in [2.05, 4.69) is 24.4 Å². The largest absolute Gasteiger partial charge is 0.479 e. The summed E-state index contributed by atoms with van der Waals surface area (Å²) in [6.07, 6.45) is 13.0. The van der Waals surface area contributed by atoms with Crippen molar-refractivity contribution < 1.29 is 19.4 Å². The fourth-order valence-electron chi connectivity index (χ4n) is 2.54. The number of hydrogen-bond acceptors (Lipinski definition) is 3. The number of allylic oxidation sites excluding steroid dienone is 5. The van der Waals surface area contributed by atoms with Crippen LogP contribution in [-0.2, 0) is 27.3 Å². The van der Waals surface area contributed by atoms with E-state index >= 15 is 0 Å². The summed E-state index contributed by atoms with van der Waals surface area (Å²) >= 11 is 0. The molecule has 0 aliphatic carbocycles. The van der Waals surface area contributed by atoms with Gasteiger partial charge in [-0.15, -0.1) is 19.6 Å². The minimum absolute atomic E-state index is 0.179. The molecular formula is C26H33NO4. The number of aryl methyl sites for hydroxylation is 1. The molecular weight excluding hydrogens is 390 g/mol. The molecule has 0 bridgehead atoms. The van der Waals surface area contributed by atoms with Gasteiger partial charge in [-0.2, -0.15) is 0 Å². The number of aliphatic carboxylic acids is 1. The summed E-state index contributed by atoms with van der Waals surface area (Å²) in [4.78, 5) is 23.5. The first-order valence-electron chi connectivity index (χ1n) is 9.99. The van der Waals surface area contributed by atoms with Crippen LogP contribution in [0.5, 0.6) is 0 Å². The highest BCUT2D eigenvalue weighted by atomic mass is 16.5. The third-order valence-corrected chi connectivity index (χ3v) is 4.05. The lowest BCUT2D eigenvalue weighted by molar-refractivity contribution is -0.153. The van der Waals surface area contributed by atoms with Crippen LogP contribution in [0.4, 0.5) is 0 Å². The zero-order valence-corrected chi connectivity index (χ0v) is 18.9. The van der Waals surface area contributed by atoms with Crippen molar-refractivity contribution in [3.63, 3.8) is 0 Å². The minimum Gasteiger partial charge on any atom is -0.479 e. The monoisotopic (exact) mass is 423 g/mol. The van der Waals surface area contributed by atoms with E-state index in [4.69, 9.17) is 11.2 Å². The van der Waals surface area contributed by atoms with E-state index < -0.39 is 12.1 Å². The Balaban J connectivity index is 0.00000436. The van der Waals surface area contributed by atoms with Crippen LogP contribution in [0.3, 0.4) is 0 Å². The highest BCUT2D eigenvalue weighted by molar-refractivity contribution is 5.88. The van der Waals surface area contributed by atoms with Gasteiger partial charge in [0, 0.05) is 24.6 Å². The van der Waals surface area contributed by atoms with Crippen LogP contribution in [0.1, 0.15) is 37.5 Å². The van der Waals surface area contributed by atoms with E-state index in [0.29, 0.717) is 12.1 Å². The number of benzene rings is 1. The highest BCUT2D eigenvalue weighted by Gasteiger charge is 2.20. The quantitative estimate of drug-likeness (QED) is 0.251. The van der Waals surface area contributed by atoms with Gasteiger partial charge < -0.3 is 15.2 Å². The van der Waals surface area contributed by atoms with Crippen molar-refractivity contribution in [2.75, 3.05) is 0 Å². The summed E-state index contributed by atoms with van der Waals surface area (Å²) in [6, 6.07) is 5.69. The molecule has 166 valence electrons. The van der Waals surface area contributed by atoms with Gasteiger partial charge in [0.2, 0.25) is 5.91 Å². The Bertz CT molecular complexity index is 857. The zero-order chi connectivity index (χ0) is 23.8. The summed E-state index contributed by atoms with van der Waals surface area (Å²) < 4.78 is 5.47. The van der Waals surface area contributed by atoms with Gasteiger partial charge in [-0.1, -0.05) is 36.3 Å². The molecule has 1 amide bonds. The van der Waals surface area contributed by atoms with Crippen molar-refractivity contribution in [1.29, 1.82) is 0 Å². The number of amides is 1. The Morgan fingerprint density at radius 2 is 1.97 bits per heavy atom. The fraction of sp³-hybridized carbons (Fsp3) is 0.308. The average molecular weight is 424 g/mol. The van der Waals surface area contributed by atoms with E-state index in [-0.39, 0.29) is 18.4 Å². The minimum atomic E-state index is -0.991. The molecule has 0 saturated heterocycles. The van der Waals surface area contributed by atoms with Crippen molar-refractivity contribution in [2.45, 2.75) is 52.9 Å². The molecule has 2 N–H and O–H groups in total. The third-order valence-electron chi connectivity index (χ3n) is 4.05. The van der Waals surface area contributed by atoms with Crippen LogP contribution < -0.4 is 5.32 Å². The van der Waals surface area contributed by atoms with E-state index in [0.717, 1.165) is 16.7 Å². The van der Waals surface area contributed by atoms with Crippen molar-refractivity contribution in [3.05, 3.63) is 84.0 Å². The second kappa shape index (κ2) is 15.5. The summed E-state index contributed by atoms with van der Waals surface area (Å²) in [5.74, 6) is 1.25. The van der Waals surface area contributed by atoms with Crippen LogP contribution in [0, 0.1) is 19.3 Å². The van der Waals surface area contributed by atoms with E-state index in [1.807, 2.05) is 38.1 Å². The molecule has 0 saturated carbocycles. The molecule has 0 spiro atoms. The van der Waals surface area contributed by atoms with Crippen molar-refractivity contribution in [1.82, 2.24) is 5.32 Å². The third kappa shape index (κ3) is 11.4. The number of carbonyl (C=O) groups excluding carboxylic acids is 1. The standard InChI is InChI=1S/C24H29NO4.C2H4/c1-6-8-9-19(7-2)12-13-23(26)25-16-21-14-20(11-10-18(21)5)15-22(24(27)28)29-17(3)4;1-2/h2,6,8-14,17,22H,15-16H2,1,3-5H3,(H,25,26)(H,27,28);1-2H2/b8-6-,13-12+,19-9+;. The van der Waals surface area contributed by atoms with Gasteiger partial charge in [-0.05, 0) is 56.5 Å². The molecule has 5 nitrogen and oxygen atoms in total. The molecule has 0 aliphatic heterocycles. The van der Waals surface area contributed by atoms with Crippen molar-refractivity contribution in [2.24, 2.45) is 0 Å². The molecule has 31 heavy (non-hydrogen) atoms. The van der Waals surface area contributed by atoms with Crippen LogP contribution in [0.25, 0.3) is 0 Å². The molecule has 1 rings (SSSR count). The van der Waals surface area contributed by atoms with Crippen LogP contribution >= 0.6 is 0 Å². The fourth-order valence-corrected chi connectivity index (χ4v) is 2.54. The maximum atomic E-state index is 12.1. The Kier molecular flexibility index (Phi) is 13.8. The lowest BCUT2D eigenvalue weighted by Crippen LogP contribution is -2.29. The molecule has 1 atom stereocenters. The second-order valence-corrected chi connectivity index (χ2v) is 6.82. The van der Waals surface area contributed by atoms with E-state index in [1.54, 1.807) is 32.1 Å². The Labute approximate surface area is 186 Å². The molecule has 1 aromatic rings.